The number of aromatic nitrogens is 2. The predicted molar refractivity (Wildman–Crippen MR) is 79.7 cm³/mol. The van der Waals surface area contributed by atoms with E-state index < -0.39 is 11.7 Å². The van der Waals surface area contributed by atoms with Crippen molar-refractivity contribution < 1.29 is 13.2 Å². The SMILES string of the molecule is CCCn1cc(C)nc1Nc1ccc(Br)c(C(F)(F)F)c1. The van der Waals surface area contributed by atoms with Crippen LogP contribution in [0.4, 0.5) is 24.8 Å². The zero-order valence-electron chi connectivity index (χ0n) is 11.6. The number of nitrogens with zero attached hydrogens (tertiary/aromatic N) is 2. The third-order valence-electron chi connectivity index (χ3n) is 2.89. The van der Waals surface area contributed by atoms with Crippen LogP contribution in [-0.4, -0.2) is 9.55 Å². The molecule has 0 aliphatic heterocycles. The number of rotatable bonds is 4. The van der Waals surface area contributed by atoms with Gasteiger partial charge in [0, 0.05) is 22.9 Å². The Morgan fingerprint density at radius 1 is 1.33 bits per heavy atom. The number of halogens is 4. The molecule has 1 aromatic heterocycles. The van der Waals surface area contributed by atoms with E-state index in [1.807, 2.05) is 24.6 Å². The molecule has 0 saturated carbocycles. The molecular formula is C14H15BrF3N3. The van der Waals surface area contributed by atoms with Crippen LogP contribution >= 0.6 is 15.9 Å². The number of aryl methyl sites for hydroxylation is 2. The first-order valence-electron chi connectivity index (χ1n) is 6.48. The summed E-state index contributed by atoms with van der Waals surface area (Å²) >= 11 is 2.93. The molecule has 0 aliphatic carbocycles. The summed E-state index contributed by atoms with van der Waals surface area (Å²) < 4.78 is 40.6. The van der Waals surface area contributed by atoms with E-state index in [0.29, 0.717) is 11.6 Å². The molecule has 3 nitrogen and oxygen atoms in total. The van der Waals surface area contributed by atoms with Crippen LogP contribution in [0.1, 0.15) is 24.6 Å². The first-order valence-corrected chi connectivity index (χ1v) is 7.28. The summed E-state index contributed by atoms with van der Waals surface area (Å²) in [5, 5.41) is 2.95. The van der Waals surface area contributed by atoms with Gasteiger partial charge < -0.3 is 9.88 Å². The molecule has 0 amide bonds. The zero-order chi connectivity index (χ0) is 15.6. The molecule has 2 aromatic rings. The van der Waals surface area contributed by atoms with Gasteiger partial charge in [0.15, 0.2) is 0 Å². The van der Waals surface area contributed by atoms with Gasteiger partial charge in [-0.25, -0.2) is 4.98 Å². The van der Waals surface area contributed by atoms with Crippen molar-refractivity contribution in [1.82, 2.24) is 9.55 Å². The molecule has 1 aromatic carbocycles. The third kappa shape index (κ3) is 3.78. The van der Waals surface area contributed by atoms with Crippen molar-refractivity contribution in [2.45, 2.75) is 33.0 Å². The number of hydrogen-bond donors (Lipinski definition) is 1. The van der Waals surface area contributed by atoms with Gasteiger partial charge in [0.25, 0.3) is 0 Å². The monoisotopic (exact) mass is 361 g/mol. The van der Waals surface area contributed by atoms with Crippen molar-refractivity contribution in [3.8, 4) is 0 Å². The number of anilines is 2. The second-order valence-electron chi connectivity index (χ2n) is 4.72. The van der Waals surface area contributed by atoms with Crippen LogP contribution in [0, 0.1) is 6.92 Å². The van der Waals surface area contributed by atoms with Crippen molar-refractivity contribution in [1.29, 1.82) is 0 Å². The summed E-state index contributed by atoms with van der Waals surface area (Å²) in [5.41, 5.74) is 0.463. The fourth-order valence-corrected chi connectivity index (χ4v) is 2.48. The molecule has 7 heteroatoms. The summed E-state index contributed by atoms with van der Waals surface area (Å²) in [5.74, 6) is 0.546. The van der Waals surface area contributed by atoms with E-state index in [4.69, 9.17) is 0 Å². The molecule has 0 spiro atoms. The normalized spacial score (nSPS) is 11.7. The first-order chi connectivity index (χ1) is 9.81. The molecule has 21 heavy (non-hydrogen) atoms. The lowest BCUT2D eigenvalue weighted by molar-refractivity contribution is -0.138. The fraction of sp³-hybridized carbons (Fsp3) is 0.357. The third-order valence-corrected chi connectivity index (χ3v) is 3.58. The van der Waals surface area contributed by atoms with Gasteiger partial charge in [0.1, 0.15) is 0 Å². The average molecular weight is 362 g/mol. The Hall–Kier alpha value is -1.50. The Balaban J connectivity index is 2.32. The van der Waals surface area contributed by atoms with E-state index in [9.17, 15) is 13.2 Å². The lowest BCUT2D eigenvalue weighted by Crippen LogP contribution is -2.08. The van der Waals surface area contributed by atoms with E-state index in [-0.39, 0.29) is 4.47 Å². The van der Waals surface area contributed by atoms with Crippen molar-refractivity contribution in [3.05, 3.63) is 40.1 Å². The van der Waals surface area contributed by atoms with Crippen LogP contribution in [0.2, 0.25) is 0 Å². The Morgan fingerprint density at radius 3 is 2.67 bits per heavy atom. The highest BCUT2D eigenvalue weighted by molar-refractivity contribution is 9.10. The van der Waals surface area contributed by atoms with Gasteiger partial charge in [-0.05, 0) is 31.5 Å². The van der Waals surface area contributed by atoms with Crippen LogP contribution < -0.4 is 5.32 Å². The summed E-state index contributed by atoms with van der Waals surface area (Å²) in [6, 6.07) is 4.04. The van der Waals surface area contributed by atoms with Gasteiger partial charge in [-0.1, -0.05) is 22.9 Å². The van der Waals surface area contributed by atoms with Crippen molar-refractivity contribution >= 4 is 27.6 Å². The summed E-state index contributed by atoms with van der Waals surface area (Å²) in [6.45, 7) is 4.63. The molecular weight excluding hydrogens is 347 g/mol. The van der Waals surface area contributed by atoms with Gasteiger partial charge in [-0.15, -0.1) is 0 Å². The molecule has 0 atom stereocenters. The highest BCUT2D eigenvalue weighted by Gasteiger charge is 2.33. The van der Waals surface area contributed by atoms with Crippen LogP contribution in [0.15, 0.2) is 28.9 Å². The number of nitrogens with one attached hydrogen (secondary N) is 1. The number of benzene rings is 1. The minimum atomic E-state index is -4.40. The standard InChI is InChI=1S/C14H15BrF3N3/c1-3-6-21-8-9(2)19-13(21)20-10-4-5-12(15)11(7-10)14(16,17)18/h4-5,7-8H,3,6H2,1-2H3,(H,19,20). The Bertz CT molecular complexity index is 635. The number of alkyl halides is 3. The van der Waals surface area contributed by atoms with E-state index >= 15 is 0 Å². The highest BCUT2D eigenvalue weighted by Crippen LogP contribution is 2.36. The van der Waals surface area contributed by atoms with Crippen LogP contribution in [0.5, 0.6) is 0 Å². The smallest absolute Gasteiger partial charge is 0.326 e. The summed E-state index contributed by atoms with van der Waals surface area (Å²) in [7, 11) is 0. The van der Waals surface area contributed by atoms with E-state index in [1.165, 1.54) is 6.07 Å². The van der Waals surface area contributed by atoms with Crippen LogP contribution in [-0.2, 0) is 12.7 Å². The molecule has 1 N–H and O–H groups in total. The summed E-state index contributed by atoms with van der Waals surface area (Å²) in [4.78, 5) is 4.30. The van der Waals surface area contributed by atoms with E-state index in [2.05, 4.69) is 26.2 Å². The largest absolute Gasteiger partial charge is 0.417 e. The fourth-order valence-electron chi connectivity index (χ4n) is 2.01. The lowest BCUT2D eigenvalue weighted by Gasteiger charge is -2.13. The molecule has 2 rings (SSSR count). The number of hydrogen-bond acceptors (Lipinski definition) is 2. The zero-order valence-corrected chi connectivity index (χ0v) is 13.2. The van der Waals surface area contributed by atoms with Gasteiger partial charge in [0.05, 0.1) is 11.3 Å². The molecule has 0 unspecified atom stereocenters. The Kier molecular flexibility index (Phi) is 4.61. The molecule has 0 saturated heterocycles. The molecule has 0 bridgehead atoms. The molecule has 0 fully saturated rings. The second kappa shape index (κ2) is 6.09. The highest BCUT2D eigenvalue weighted by atomic mass is 79.9. The average Bonchev–Trinajstić information content (AvgIpc) is 2.71. The van der Waals surface area contributed by atoms with E-state index in [0.717, 1.165) is 24.7 Å². The van der Waals surface area contributed by atoms with Crippen molar-refractivity contribution in [2.24, 2.45) is 0 Å². The maximum Gasteiger partial charge on any atom is 0.417 e. The maximum atomic E-state index is 12.9. The first kappa shape index (κ1) is 15.9. The maximum absolute atomic E-state index is 12.9. The Labute approximate surface area is 129 Å². The summed E-state index contributed by atoms with van der Waals surface area (Å²) in [6.07, 6.45) is -1.61. The van der Waals surface area contributed by atoms with Crippen LogP contribution in [0.3, 0.4) is 0 Å². The van der Waals surface area contributed by atoms with Crippen molar-refractivity contribution in [2.75, 3.05) is 5.32 Å². The van der Waals surface area contributed by atoms with Gasteiger partial charge in [-0.2, -0.15) is 13.2 Å². The van der Waals surface area contributed by atoms with Gasteiger partial charge >= 0.3 is 6.18 Å². The topological polar surface area (TPSA) is 29.9 Å². The van der Waals surface area contributed by atoms with Gasteiger partial charge in [0.2, 0.25) is 5.95 Å². The second-order valence-corrected chi connectivity index (χ2v) is 5.57. The van der Waals surface area contributed by atoms with Gasteiger partial charge in [-0.3, -0.25) is 0 Å². The number of imidazole rings is 1. The lowest BCUT2D eigenvalue weighted by atomic mass is 10.2. The quantitative estimate of drug-likeness (QED) is 0.818. The van der Waals surface area contributed by atoms with Crippen LogP contribution in [0.25, 0.3) is 0 Å². The molecule has 0 radical (unpaired) electrons. The minimum Gasteiger partial charge on any atom is -0.326 e. The van der Waals surface area contributed by atoms with E-state index in [1.54, 1.807) is 6.07 Å². The van der Waals surface area contributed by atoms with Crippen molar-refractivity contribution in [3.63, 3.8) is 0 Å². The molecule has 0 aliphatic rings. The minimum absolute atomic E-state index is 0.0219. The molecule has 114 valence electrons. The Morgan fingerprint density at radius 2 is 2.05 bits per heavy atom. The molecule has 1 heterocycles. The predicted octanol–water partition coefficient (Wildman–Crippen LogP) is 5.13.